The van der Waals surface area contributed by atoms with Crippen LogP contribution in [0.15, 0.2) is 64.2 Å². The van der Waals surface area contributed by atoms with Gasteiger partial charge in [0, 0.05) is 31.5 Å². The summed E-state index contributed by atoms with van der Waals surface area (Å²) in [6.07, 6.45) is 5.58. The number of halogens is 1. The summed E-state index contributed by atoms with van der Waals surface area (Å²) in [5.74, 6) is -0.906. The van der Waals surface area contributed by atoms with Gasteiger partial charge in [0.15, 0.2) is 5.76 Å². The maximum absolute atomic E-state index is 13.0. The van der Waals surface area contributed by atoms with Crippen molar-refractivity contribution in [2.45, 2.75) is 13.0 Å². The van der Waals surface area contributed by atoms with Crippen LogP contribution in [-0.2, 0) is 17.8 Å². The fourth-order valence-corrected chi connectivity index (χ4v) is 2.47. The summed E-state index contributed by atoms with van der Waals surface area (Å²) in [5.41, 5.74) is 1.65. The molecule has 0 aliphatic heterocycles. The quantitative estimate of drug-likeness (QED) is 0.681. The molecule has 0 saturated heterocycles. The van der Waals surface area contributed by atoms with Crippen molar-refractivity contribution < 1.29 is 13.6 Å². The zero-order valence-electron chi connectivity index (χ0n) is 14.3. The Morgan fingerprint density at radius 3 is 2.58 bits per heavy atom. The van der Waals surface area contributed by atoms with Crippen molar-refractivity contribution in [3.05, 3.63) is 76.9 Å². The van der Waals surface area contributed by atoms with E-state index in [-0.39, 0.29) is 18.3 Å². The Morgan fingerprint density at radius 2 is 1.88 bits per heavy atom. The number of benzene rings is 1. The lowest BCUT2D eigenvalue weighted by Crippen LogP contribution is -2.33. The molecule has 6 nitrogen and oxygen atoms in total. The van der Waals surface area contributed by atoms with Crippen LogP contribution >= 0.6 is 0 Å². The Morgan fingerprint density at radius 1 is 1.19 bits per heavy atom. The van der Waals surface area contributed by atoms with Gasteiger partial charge in [-0.2, -0.15) is 0 Å². The molecule has 134 valence electrons. The molecule has 26 heavy (non-hydrogen) atoms. The van der Waals surface area contributed by atoms with Crippen LogP contribution in [0.2, 0.25) is 0 Å². The number of rotatable bonds is 6. The minimum atomic E-state index is -0.625. The van der Waals surface area contributed by atoms with Crippen molar-refractivity contribution in [2.75, 3.05) is 13.6 Å². The molecule has 3 rings (SSSR count). The van der Waals surface area contributed by atoms with E-state index in [9.17, 15) is 14.0 Å². The monoisotopic (exact) mass is 355 g/mol. The predicted octanol–water partition coefficient (Wildman–Crippen LogP) is 2.34. The van der Waals surface area contributed by atoms with Crippen molar-refractivity contribution in [1.82, 2.24) is 14.5 Å². The number of nitrogens with zero attached hydrogens (tertiary/aromatic N) is 3. The van der Waals surface area contributed by atoms with E-state index in [1.54, 1.807) is 24.3 Å². The van der Waals surface area contributed by atoms with Gasteiger partial charge in [0.1, 0.15) is 12.4 Å². The smallest absolute Gasteiger partial charge is 0.408 e. The number of oxazole rings is 1. The predicted molar refractivity (Wildman–Crippen MR) is 93.9 cm³/mol. The average molecular weight is 355 g/mol. The van der Waals surface area contributed by atoms with Crippen LogP contribution in [0.3, 0.4) is 0 Å². The third-order valence-corrected chi connectivity index (χ3v) is 4.05. The molecule has 2 heterocycles. The first-order valence-electron chi connectivity index (χ1n) is 8.12. The zero-order chi connectivity index (χ0) is 18.5. The number of aromatic nitrogens is 2. The topological polar surface area (TPSA) is 68.3 Å². The number of hydrogen-bond acceptors (Lipinski definition) is 4. The second-order valence-corrected chi connectivity index (χ2v) is 5.92. The fraction of sp³-hybridized carbons (Fsp3) is 0.211. The highest BCUT2D eigenvalue weighted by Crippen LogP contribution is 2.18. The van der Waals surface area contributed by atoms with E-state index in [4.69, 9.17) is 4.42 Å². The summed E-state index contributed by atoms with van der Waals surface area (Å²) in [4.78, 5) is 29.8. The van der Waals surface area contributed by atoms with Crippen molar-refractivity contribution >= 4 is 5.91 Å². The first-order chi connectivity index (χ1) is 12.5. The highest BCUT2D eigenvalue weighted by atomic mass is 19.1. The Kier molecular flexibility index (Phi) is 5.26. The standard InChI is InChI=1S/C19H18FN3O3/c1-22(11-8-14-6-9-21-10-7-14)18(24)13-23-12-17(26-19(23)25)15-2-4-16(20)5-3-15/h2-7,9-10,12H,8,11,13H2,1H3. The summed E-state index contributed by atoms with van der Waals surface area (Å²) in [7, 11) is 1.69. The first-order valence-corrected chi connectivity index (χ1v) is 8.12. The van der Waals surface area contributed by atoms with Gasteiger partial charge in [0.25, 0.3) is 0 Å². The largest absolute Gasteiger partial charge is 0.419 e. The van der Waals surface area contributed by atoms with Gasteiger partial charge in [-0.3, -0.25) is 14.3 Å². The van der Waals surface area contributed by atoms with Gasteiger partial charge < -0.3 is 9.32 Å². The van der Waals surface area contributed by atoms with Gasteiger partial charge in [-0.1, -0.05) is 0 Å². The van der Waals surface area contributed by atoms with Crippen LogP contribution in [0.5, 0.6) is 0 Å². The van der Waals surface area contributed by atoms with Gasteiger partial charge in [-0.05, 0) is 48.4 Å². The lowest BCUT2D eigenvalue weighted by atomic mass is 10.2. The van der Waals surface area contributed by atoms with Crippen LogP contribution in [0, 0.1) is 5.82 Å². The Balaban J connectivity index is 1.63. The minimum absolute atomic E-state index is 0.115. The molecular formula is C19H18FN3O3. The Hall–Kier alpha value is -3.22. The molecule has 0 fully saturated rings. The lowest BCUT2D eigenvalue weighted by molar-refractivity contribution is -0.130. The molecule has 0 radical (unpaired) electrons. The van der Waals surface area contributed by atoms with Crippen molar-refractivity contribution in [2.24, 2.45) is 0 Å². The van der Waals surface area contributed by atoms with Gasteiger partial charge >= 0.3 is 5.76 Å². The van der Waals surface area contributed by atoms with Crippen LogP contribution in [0.4, 0.5) is 4.39 Å². The van der Waals surface area contributed by atoms with Gasteiger partial charge in [0.2, 0.25) is 5.91 Å². The fourth-order valence-electron chi connectivity index (χ4n) is 2.47. The number of carbonyl (C=O) groups is 1. The average Bonchev–Trinajstić information content (AvgIpc) is 3.01. The van der Waals surface area contributed by atoms with E-state index in [2.05, 4.69) is 4.98 Å². The number of hydrogen-bond donors (Lipinski definition) is 0. The molecule has 1 aromatic carbocycles. The first kappa shape index (κ1) is 17.6. The summed E-state index contributed by atoms with van der Waals surface area (Å²) < 4.78 is 19.4. The van der Waals surface area contributed by atoms with E-state index < -0.39 is 5.76 Å². The third-order valence-electron chi connectivity index (χ3n) is 4.05. The molecule has 0 bridgehead atoms. The molecule has 0 atom stereocenters. The molecule has 0 N–H and O–H groups in total. The van der Waals surface area contributed by atoms with Crippen LogP contribution in [0.25, 0.3) is 11.3 Å². The molecule has 0 saturated carbocycles. The van der Waals surface area contributed by atoms with E-state index in [1.165, 1.54) is 35.0 Å². The number of carbonyl (C=O) groups excluding carboxylic acids is 1. The lowest BCUT2D eigenvalue weighted by Gasteiger charge is -2.16. The second kappa shape index (κ2) is 7.77. The molecule has 1 amide bonds. The number of likely N-dealkylation sites (N-methyl/N-ethyl adjacent to an activating group) is 1. The van der Waals surface area contributed by atoms with Crippen molar-refractivity contribution in [3.63, 3.8) is 0 Å². The normalized spacial score (nSPS) is 10.7. The number of amides is 1. The van der Waals surface area contributed by atoms with Gasteiger partial charge in [0.05, 0.1) is 6.20 Å². The SMILES string of the molecule is CN(CCc1ccncc1)C(=O)Cn1cc(-c2ccc(F)cc2)oc1=O. The van der Waals surface area contributed by atoms with Gasteiger partial charge in [-0.25, -0.2) is 9.18 Å². The van der Waals surface area contributed by atoms with E-state index in [0.29, 0.717) is 24.3 Å². The van der Waals surface area contributed by atoms with E-state index in [1.807, 2.05) is 12.1 Å². The summed E-state index contributed by atoms with van der Waals surface area (Å²) in [6.45, 7) is 0.413. The zero-order valence-corrected chi connectivity index (χ0v) is 14.3. The van der Waals surface area contributed by atoms with Crippen molar-refractivity contribution in [3.8, 4) is 11.3 Å². The highest BCUT2D eigenvalue weighted by molar-refractivity contribution is 5.75. The summed E-state index contributed by atoms with van der Waals surface area (Å²) >= 11 is 0. The van der Waals surface area contributed by atoms with E-state index in [0.717, 1.165) is 5.56 Å². The molecule has 2 aromatic heterocycles. The van der Waals surface area contributed by atoms with Crippen LogP contribution in [-0.4, -0.2) is 34.0 Å². The summed E-state index contributed by atoms with van der Waals surface area (Å²) in [5, 5.41) is 0. The highest BCUT2D eigenvalue weighted by Gasteiger charge is 2.14. The Labute approximate surface area is 149 Å². The number of pyridine rings is 1. The molecule has 0 aliphatic carbocycles. The molecule has 3 aromatic rings. The molecule has 0 spiro atoms. The van der Waals surface area contributed by atoms with E-state index >= 15 is 0 Å². The molecule has 0 aliphatic rings. The molecular weight excluding hydrogens is 337 g/mol. The summed E-state index contributed by atoms with van der Waals surface area (Å²) in [6, 6.07) is 9.39. The molecule has 0 unspecified atom stereocenters. The van der Waals surface area contributed by atoms with Crippen LogP contribution in [0.1, 0.15) is 5.56 Å². The maximum atomic E-state index is 13.0. The third kappa shape index (κ3) is 4.24. The maximum Gasteiger partial charge on any atom is 0.419 e. The van der Waals surface area contributed by atoms with Crippen LogP contribution < -0.4 is 5.76 Å². The molecule has 7 heteroatoms. The minimum Gasteiger partial charge on any atom is -0.408 e. The van der Waals surface area contributed by atoms with Crippen molar-refractivity contribution in [1.29, 1.82) is 0 Å². The van der Waals surface area contributed by atoms with Gasteiger partial charge in [-0.15, -0.1) is 0 Å². The Bertz CT molecular complexity index is 933. The second-order valence-electron chi connectivity index (χ2n) is 5.92.